The lowest BCUT2D eigenvalue weighted by Gasteiger charge is -2.32. The van der Waals surface area contributed by atoms with Crippen molar-refractivity contribution in [3.05, 3.63) is 10.4 Å². The first kappa shape index (κ1) is 11.1. The largest absolute Gasteiger partial charge is 0.616 e. The standard InChI is InChI=1S/C10H17N3OS/c1-9(2)6-5-7(15(4)14)10(3,8(6)9)12-13-11/h6-8H,5H2,1-4H3. The van der Waals surface area contributed by atoms with Gasteiger partial charge in [0.15, 0.2) is 0 Å². The average molecular weight is 227 g/mol. The van der Waals surface area contributed by atoms with Crippen LogP contribution in [0.25, 0.3) is 10.4 Å². The van der Waals surface area contributed by atoms with Gasteiger partial charge < -0.3 is 4.55 Å². The van der Waals surface area contributed by atoms with Crippen LogP contribution in [0.3, 0.4) is 0 Å². The molecule has 0 spiro atoms. The summed E-state index contributed by atoms with van der Waals surface area (Å²) in [4.78, 5) is 2.96. The van der Waals surface area contributed by atoms with Gasteiger partial charge >= 0.3 is 0 Å². The molecule has 0 aliphatic heterocycles. The fourth-order valence-electron chi connectivity index (χ4n) is 3.71. The molecule has 0 bridgehead atoms. The summed E-state index contributed by atoms with van der Waals surface area (Å²) in [6, 6.07) is 0. The van der Waals surface area contributed by atoms with Crippen LogP contribution in [-0.4, -0.2) is 21.6 Å². The quantitative estimate of drug-likeness (QED) is 0.309. The third-order valence-corrected chi connectivity index (χ3v) is 5.93. The monoisotopic (exact) mass is 227 g/mol. The van der Waals surface area contributed by atoms with Crippen LogP contribution in [0.2, 0.25) is 0 Å². The Morgan fingerprint density at radius 2 is 2.07 bits per heavy atom. The van der Waals surface area contributed by atoms with E-state index in [4.69, 9.17) is 5.53 Å². The Kier molecular flexibility index (Phi) is 2.27. The Labute approximate surface area is 93.2 Å². The van der Waals surface area contributed by atoms with E-state index in [2.05, 4.69) is 23.9 Å². The van der Waals surface area contributed by atoms with Crippen molar-refractivity contribution in [1.29, 1.82) is 0 Å². The number of fused-ring (bicyclic) bond motifs is 1. The highest BCUT2D eigenvalue weighted by molar-refractivity contribution is 7.91. The first-order valence-electron chi connectivity index (χ1n) is 5.24. The third kappa shape index (κ3) is 1.30. The first-order chi connectivity index (χ1) is 6.85. The van der Waals surface area contributed by atoms with Crippen LogP contribution in [0.5, 0.6) is 0 Å². The van der Waals surface area contributed by atoms with E-state index in [1.807, 2.05) is 6.92 Å². The molecule has 0 heterocycles. The Hall–Kier alpha value is -0.380. The van der Waals surface area contributed by atoms with Gasteiger partial charge in [-0.25, -0.2) is 0 Å². The summed E-state index contributed by atoms with van der Waals surface area (Å²) < 4.78 is 11.6. The molecule has 15 heavy (non-hydrogen) atoms. The Balaban J connectivity index is 2.33. The second kappa shape index (κ2) is 3.06. The van der Waals surface area contributed by atoms with Gasteiger partial charge in [-0.3, -0.25) is 0 Å². The van der Waals surface area contributed by atoms with Gasteiger partial charge in [-0.1, -0.05) is 30.1 Å². The van der Waals surface area contributed by atoms with E-state index < -0.39 is 16.7 Å². The number of hydrogen-bond acceptors (Lipinski definition) is 2. The molecule has 5 atom stereocenters. The molecular weight excluding hydrogens is 210 g/mol. The molecule has 0 aromatic rings. The Bertz CT molecular complexity index is 334. The highest BCUT2D eigenvalue weighted by atomic mass is 32.2. The minimum atomic E-state index is -0.900. The number of nitrogens with zero attached hydrogens (tertiary/aromatic N) is 3. The van der Waals surface area contributed by atoms with Gasteiger partial charge in [0.2, 0.25) is 0 Å². The Morgan fingerprint density at radius 3 is 2.53 bits per heavy atom. The lowest BCUT2D eigenvalue weighted by Crippen LogP contribution is -2.43. The van der Waals surface area contributed by atoms with E-state index in [1.165, 1.54) is 0 Å². The van der Waals surface area contributed by atoms with Crippen molar-refractivity contribution in [2.75, 3.05) is 6.26 Å². The minimum Gasteiger partial charge on any atom is -0.616 e. The van der Waals surface area contributed by atoms with Crippen LogP contribution in [0.1, 0.15) is 27.2 Å². The first-order valence-corrected chi connectivity index (χ1v) is 6.86. The maximum absolute atomic E-state index is 11.6. The number of azide groups is 1. The molecule has 0 aromatic carbocycles. The van der Waals surface area contributed by atoms with Crippen molar-refractivity contribution in [3.8, 4) is 0 Å². The molecule has 4 nitrogen and oxygen atoms in total. The van der Waals surface area contributed by atoms with Crippen LogP contribution >= 0.6 is 0 Å². The maximum Gasteiger partial charge on any atom is 0.127 e. The van der Waals surface area contributed by atoms with Crippen LogP contribution < -0.4 is 0 Å². The van der Waals surface area contributed by atoms with Crippen molar-refractivity contribution in [3.63, 3.8) is 0 Å². The zero-order valence-electron chi connectivity index (χ0n) is 9.60. The second-order valence-electron chi connectivity index (χ2n) is 5.54. The predicted octanol–water partition coefficient (Wildman–Crippen LogP) is 2.48. The van der Waals surface area contributed by atoms with Gasteiger partial charge in [-0.05, 0) is 36.1 Å². The maximum atomic E-state index is 11.6. The summed E-state index contributed by atoms with van der Waals surface area (Å²) in [6.07, 6.45) is 2.66. The summed E-state index contributed by atoms with van der Waals surface area (Å²) in [5.41, 5.74) is 8.48. The fraction of sp³-hybridized carbons (Fsp3) is 1.00. The summed E-state index contributed by atoms with van der Waals surface area (Å²) in [5.74, 6) is 0.997. The summed E-state index contributed by atoms with van der Waals surface area (Å²) in [6.45, 7) is 6.39. The van der Waals surface area contributed by atoms with Crippen molar-refractivity contribution < 1.29 is 4.55 Å². The number of hydrogen-bond donors (Lipinski definition) is 0. The average Bonchev–Trinajstić information content (AvgIpc) is 2.49. The normalized spacial score (nSPS) is 47.9. The molecule has 0 radical (unpaired) electrons. The van der Waals surface area contributed by atoms with Crippen LogP contribution in [-0.2, 0) is 11.2 Å². The van der Waals surface area contributed by atoms with Crippen molar-refractivity contribution in [2.24, 2.45) is 22.4 Å². The summed E-state index contributed by atoms with van der Waals surface area (Å²) in [7, 11) is 0. The SMILES string of the molecule is C[S+]([O-])C1CC2C(C2(C)C)C1(C)N=[N+]=[N-]. The molecule has 2 aliphatic rings. The van der Waals surface area contributed by atoms with Gasteiger partial charge in [0.05, 0.1) is 11.8 Å². The smallest absolute Gasteiger partial charge is 0.127 e. The van der Waals surface area contributed by atoms with Crippen LogP contribution in [0, 0.1) is 17.3 Å². The van der Waals surface area contributed by atoms with Gasteiger partial charge in [0.25, 0.3) is 0 Å². The number of rotatable bonds is 2. The molecule has 0 saturated heterocycles. The molecule has 84 valence electrons. The molecule has 2 aliphatic carbocycles. The second-order valence-corrected chi connectivity index (χ2v) is 7.11. The molecule has 5 heteroatoms. The van der Waals surface area contributed by atoms with Crippen molar-refractivity contribution in [2.45, 2.75) is 38.0 Å². The van der Waals surface area contributed by atoms with E-state index in [1.54, 1.807) is 6.26 Å². The topological polar surface area (TPSA) is 71.8 Å². The summed E-state index contributed by atoms with van der Waals surface area (Å²) in [5, 5.41) is 4.00. The molecule has 5 unspecified atom stereocenters. The highest BCUT2D eigenvalue weighted by Crippen LogP contribution is 2.72. The van der Waals surface area contributed by atoms with Gasteiger partial charge in [-0.15, -0.1) is 0 Å². The van der Waals surface area contributed by atoms with Crippen LogP contribution in [0.4, 0.5) is 0 Å². The third-order valence-electron chi connectivity index (χ3n) is 4.46. The fourth-order valence-corrected chi connectivity index (χ4v) is 5.05. The molecule has 0 amide bonds. The lowest BCUT2D eigenvalue weighted by atomic mass is 9.88. The molecule has 0 aromatic heterocycles. The lowest BCUT2D eigenvalue weighted by molar-refractivity contribution is 0.334. The van der Waals surface area contributed by atoms with E-state index in [0.717, 1.165) is 6.42 Å². The van der Waals surface area contributed by atoms with Gasteiger partial charge in [0, 0.05) is 4.91 Å². The van der Waals surface area contributed by atoms with Gasteiger partial charge in [-0.2, -0.15) is 0 Å². The van der Waals surface area contributed by atoms with E-state index in [0.29, 0.717) is 11.8 Å². The molecule has 2 rings (SSSR count). The van der Waals surface area contributed by atoms with E-state index in [9.17, 15) is 4.55 Å². The molecule has 2 saturated carbocycles. The van der Waals surface area contributed by atoms with Gasteiger partial charge in [0.1, 0.15) is 5.25 Å². The zero-order chi connectivity index (χ0) is 11.4. The molecular formula is C10H17N3OS. The zero-order valence-corrected chi connectivity index (χ0v) is 10.4. The summed E-state index contributed by atoms with van der Waals surface area (Å²) >= 11 is -0.900. The van der Waals surface area contributed by atoms with E-state index >= 15 is 0 Å². The molecule has 2 fully saturated rings. The van der Waals surface area contributed by atoms with Crippen molar-refractivity contribution in [1.82, 2.24) is 0 Å². The molecule has 0 N–H and O–H groups in total. The minimum absolute atomic E-state index is 0.0384. The van der Waals surface area contributed by atoms with Crippen molar-refractivity contribution >= 4 is 11.2 Å². The van der Waals surface area contributed by atoms with Crippen LogP contribution in [0.15, 0.2) is 5.11 Å². The Morgan fingerprint density at radius 1 is 1.47 bits per heavy atom. The van der Waals surface area contributed by atoms with E-state index in [-0.39, 0.29) is 10.7 Å². The highest BCUT2D eigenvalue weighted by Gasteiger charge is 2.74. The predicted molar refractivity (Wildman–Crippen MR) is 60.8 cm³/mol.